The lowest BCUT2D eigenvalue weighted by molar-refractivity contribution is 0.567. The van der Waals surface area contributed by atoms with Crippen molar-refractivity contribution >= 4 is 5.69 Å². The molecule has 1 nitrogen and oxygen atoms in total. The predicted octanol–water partition coefficient (Wildman–Crippen LogP) is 3.90. The summed E-state index contributed by atoms with van der Waals surface area (Å²) in [4.78, 5) is 0. The summed E-state index contributed by atoms with van der Waals surface area (Å²) in [6, 6.07) is 7.37. The fourth-order valence-electron chi connectivity index (χ4n) is 2.62. The summed E-state index contributed by atoms with van der Waals surface area (Å²) >= 11 is 0. The van der Waals surface area contributed by atoms with Crippen LogP contribution in [0.3, 0.4) is 0 Å². The average molecular weight is 215 g/mol. The second-order valence-corrected chi connectivity index (χ2v) is 5.59. The van der Waals surface area contributed by atoms with E-state index >= 15 is 0 Å². The zero-order chi connectivity index (χ0) is 11.1. The molecule has 1 N–H and O–H groups in total. The van der Waals surface area contributed by atoms with Gasteiger partial charge in [0, 0.05) is 11.7 Å². The molecule has 1 aromatic carbocycles. The Hall–Kier alpha value is -0.980. The smallest absolute Gasteiger partial charge is 0.0374 e. The minimum absolute atomic E-state index is 0.764. The molecule has 2 aliphatic carbocycles. The molecule has 0 unspecified atom stereocenters. The number of aryl methyl sites for hydroxylation is 1. The third-order valence-electron chi connectivity index (χ3n) is 4.19. The summed E-state index contributed by atoms with van der Waals surface area (Å²) in [6.07, 6.45) is 5.77. The van der Waals surface area contributed by atoms with Crippen LogP contribution in [0.15, 0.2) is 18.2 Å². The molecule has 2 saturated carbocycles. The normalized spacial score (nSPS) is 20.2. The third kappa shape index (κ3) is 1.95. The van der Waals surface area contributed by atoms with E-state index in [1.54, 1.807) is 0 Å². The first kappa shape index (κ1) is 10.2. The fraction of sp³-hybridized carbons (Fsp3) is 0.600. The molecule has 0 aliphatic heterocycles. The van der Waals surface area contributed by atoms with Crippen molar-refractivity contribution in [3.8, 4) is 0 Å². The Kier molecular flexibility index (Phi) is 2.42. The summed E-state index contributed by atoms with van der Waals surface area (Å²) < 4.78 is 0. The van der Waals surface area contributed by atoms with Gasteiger partial charge in [-0.1, -0.05) is 12.1 Å². The molecule has 0 spiro atoms. The van der Waals surface area contributed by atoms with Crippen molar-refractivity contribution in [3.05, 3.63) is 29.3 Å². The maximum absolute atomic E-state index is 3.81. The van der Waals surface area contributed by atoms with Crippen LogP contribution in [-0.2, 0) is 0 Å². The van der Waals surface area contributed by atoms with Gasteiger partial charge in [-0.25, -0.2) is 0 Å². The van der Waals surface area contributed by atoms with Gasteiger partial charge in [-0.2, -0.15) is 0 Å². The Labute approximate surface area is 98.3 Å². The molecule has 16 heavy (non-hydrogen) atoms. The van der Waals surface area contributed by atoms with Crippen LogP contribution < -0.4 is 5.32 Å². The van der Waals surface area contributed by atoms with Crippen LogP contribution in [0.25, 0.3) is 0 Å². The summed E-state index contributed by atoms with van der Waals surface area (Å²) in [5, 5.41) is 3.81. The Morgan fingerprint density at radius 2 is 1.69 bits per heavy atom. The monoisotopic (exact) mass is 215 g/mol. The van der Waals surface area contributed by atoms with Gasteiger partial charge in [0.15, 0.2) is 0 Å². The minimum Gasteiger partial charge on any atom is -0.382 e. The Morgan fingerprint density at radius 3 is 2.25 bits per heavy atom. The van der Waals surface area contributed by atoms with Crippen LogP contribution in [-0.4, -0.2) is 6.04 Å². The fourth-order valence-corrected chi connectivity index (χ4v) is 2.62. The second kappa shape index (κ2) is 3.80. The molecule has 0 radical (unpaired) electrons. The maximum atomic E-state index is 3.81. The highest BCUT2D eigenvalue weighted by Crippen LogP contribution is 2.46. The van der Waals surface area contributed by atoms with Crippen molar-refractivity contribution < 1.29 is 0 Å². The molecule has 0 aromatic heterocycles. The van der Waals surface area contributed by atoms with Gasteiger partial charge in [-0.05, 0) is 68.6 Å². The Bertz CT molecular complexity index is 376. The third-order valence-corrected chi connectivity index (χ3v) is 4.19. The average Bonchev–Trinajstić information content (AvgIpc) is 3.15. The Balaban J connectivity index is 1.78. The van der Waals surface area contributed by atoms with Crippen LogP contribution in [0.5, 0.6) is 0 Å². The molecule has 2 fully saturated rings. The van der Waals surface area contributed by atoms with Gasteiger partial charge in [0.2, 0.25) is 0 Å². The van der Waals surface area contributed by atoms with Crippen LogP contribution >= 0.6 is 0 Å². The Morgan fingerprint density at radius 1 is 1.06 bits per heavy atom. The van der Waals surface area contributed by atoms with E-state index < -0.39 is 0 Å². The minimum atomic E-state index is 0.764. The number of nitrogens with one attached hydrogen (secondary N) is 1. The summed E-state index contributed by atoms with van der Waals surface area (Å²) in [5.41, 5.74) is 4.19. The van der Waals surface area contributed by atoms with Crippen LogP contribution in [0.2, 0.25) is 0 Å². The quantitative estimate of drug-likeness (QED) is 0.803. The zero-order valence-corrected chi connectivity index (χ0v) is 10.3. The van der Waals surface area contributed by atoms with Crippen molar-refractivity contribution in [2.45, 2.75) is 45.6 Å². The van der Waals surface area contributed by atoms with Crippen molar-refractivity contribution in [2.75, 3.05) is 5.32 Å². The molecule has 3 rings (SSSR count). The van der Waals surface area contributed by atoms with Crippen molar-refractivity contribution in [3.63, 3.8) is 0 Å². The van der Waals surface area contributed by atoms with Crippen molar-refractivity contribution in [1.82, 2.24) is 0 Å². The van der Waals surface area contributed by atoms with Gasteiger partial charge in [-0.3, -0.25) is 0 Å². The van der Waals surface area contributed by atoms with E-state index in [0.29, 0.717) is 0 Å². The van der Waals surface area contributed by atoms with Gasteiger partial charge in [0.25, 0.3) is 0 Å². The summed E-state index contributed by atoms with van der Waals surface area (Å²) in [7, 11) is 0. The summed E-state index contributed by atoms with van der Waals surface area (Å²) in [5.74, 6) is 1.93. The molecule has 2 aliphatic rings. The zero-order valence-electron chi connectivity index (χ0n) is 10.3. The van der Waals surface area contributed by atoms with Gasteiger partial charge >= 0.3 is 0 Å². The molecule has 1 heteroatoms. The van der Waals surface area contributed by atoms with Crippen molar-refractivity contribution in [2.24, 2.45) is 11.8 Å². The van der Waals surface area contributed by atoms with E-state index in [1.807, 2.05) is 0 Å². The van der Waals surface area contributed by atoms with Gasteiger partial charge in [0.1, 0.15) is 0 Å². The van der Waals surface area contributed by atoms with E-state index in [9.17, 15) is 0 Å². The van der Waals surface area contributed by atoms with Gasteiger partial charge < -0.3 is 5.32 Å². The highest BCUT2D eigenvalue weighted by Gasteiger charge is 2.41. The topological polar surface area (TPSA) is 12.0 Å². The first-order valence-electron chi connectivity index (χ1n) is 6.58. The van der Waals surface area contributed by atoms with Crippen LogP contribution in [0, 0.1) is 25.7 Å². The van der Waals surface area contributed by atoms with E-state index in [-0.39, 0.29) is 0 Å². The van der Waals surface area contributed by atoms with Gasteiger partial charge in [-0.15, -0.1) is 0 Å². The highest BCUT2D eigenvalue weighted by atomic mass is 15.0. The van der Waals surface area contributed by atoms with Gasteiger partial charge in [0.05, 0.1) is 0 Å². The molecule has 0 heterocycles. The largest absolute Gasteiger partial charge is 0.382 e. The summed E-state index contributed by atoms with van der Waals surface area (Å²) in [6.45, 7) is 4.43. The predicted molar refractivity (Wildman–Crippen MR) is 68.8 cm³/mol. The molecular weight excluding hydrogens is 194 g/mol. The molecule has 0 saturated heterocycles. The first-order valence-corrected chi connectivity index (χ1v) is 6.58. The second-order valence-electron chi connectivity index (χ2n) is 5.59. The number of anilines is 1. The van der Waals surface area contributed by atoms with E-state index in [0.717, 1.165) is 17.9 Å². The van der Waals surface area contributed by atoms with Crippen LogP contribution in [0.4, 0.5) is 5.69 Å². The highest BCUT2D eigenvalue weighted by molar-refractivity contribution is 5.54. The van der Waals surface area contributed by atoms with E-state index in [2.05, 4.69) is 37.4 Å². The lowest BCUT2D eigenvalue weighted by atomic mass is 10.0. The number of rotatable bonds is 4. The standard InChI is InChI=1S/C15H21N/c1-10-4-3-5-14(11(10)2)16-15(12-6-7-12)13-8-9-13/h3-5,12-13,15-16H,6-9H2,1-2H3. The number of hydrogen-bond acceptors (Lipinski definition) is 1. The van der Waals surface area contributed by atoms with E-state index in [1.165, 1.54) is 42.5 Å². The number of benzene rings is 1. The first-order chi connectivity index (χ1) is 7.75. The van der Waals surface area contributed by atoms with Crippen molar-refractivity contribution in [1.29, 1.82) is 0 Å². The molecule has 86 valence electrons. The molecule has 0 bridgehead atoms. The SMILES string of the molecule is Cc1cccc(NC(C2CC2)C2CC2)c1C. The number of hydrogen-bond donors (Lipinski definition) is 1. The molecule has 0 atom stereocenters. The maximum Gasteiger partial charge on any atom is 0.0374 e. The molecular formula is C15H21N. The molecule has 0 amide bonds. The lowest BCUT2D eigenvalue weighted by Crippen LogP contribution is -2.24. The molecule has 1 aromatic rings. The van der Waals surface area contributed by atoms with Crippen LogP contribution in [0.1, 0.15) is 36.8 Å². The lowest BCUT2D eigenvalue weighted by Gasteiger charge is -2.21. The van der Waals surface area contributed by atoms with E-state index in [4.69, 9.17) is 0 Å².